The van der Waals surface area contributed by atoms with Gasteiger partial charge in [0, 0.05) is 12.6 Å². The second-order valence-electron chi connectivity index (χ2n) is 4.38. The van der Waals surface area contributed by atoms with Crippen molar-refractivity contribution in [3.05, 3.63) is 28.8 Å². The summed E-state index contributed by atoms with van der Waals surface area (Å²) in [6, 6.07) is 4.69. The van der Waals surface area contributed by atoms with Gasteiger partial charge in [0.05, 0.1) is 16.2 Å². The fourth-order valence-corrected chi connectivity index (χ4v) is 1.68. The number of amides is 2. The average Bonchev–Trinajstić information content (AvgIpc) is 3.10. The van der Waals surface area contributed by atoms with Crippen molar-refractivity contribution in [3.8, 4) is 0 Å². The molecule has 0 spiro atoms. The lowest BCUT2D eigenvalue weighted by Crippen LogP contribution is -2.37. The van der Waals surface area contributed by atoms with E-state index in [1.165, 1.54) is 13.1 Å². The zero-order valence-electron chi connectivity index (χ0n) is 9.92. The number of carbonyl (C=O) groups excluding carboxylic acids is 2. The van der Waals surface area contributed by atoms with Gasteiger partial charge in [-0.1, -0.05) is 11.6 Å². The maximum absolute atomic E-state index is 11.8. The number of hydrogen-bond donors (Lipinski definition) is 3. The average molecular weight is 268 g/mol. The molecule has 0 radical (unpaired) electrons. The van der Waals surface area contributed by atoms with E-state index in [1.54, 1.807) is 12.1 Å². The largest absolute Gasteiger partial charge is 0.355 e. The molecule has 0 saturated heterocycles. The van der Waals surface area contributed by atoms with Gasteiger partial charge in [0.25, 0.3) is 5.91 Å². The molecule has 2 amide bonds. The van der Waals surface area contributed by atoms with Gasteiger partial charge in [0.15, 0.2) is 0 Å². The number of halogens is 1. The van der Waals surface area contributed by atoms with E-state index in [1.807, 2.05) is 0 Å². The Labute approximate surface area is 110 Å². The van der Waals surface area contributed by atoms with E-state index in [9.17, 15) is 9.59 Å². The summed E-state index contributed by atoms with van der Waals surface area (Å²) in [6.45, 7) is 0. The van der Waals surface area contributed by atoms with Crippen molar-refractivity contribution in [2.24, 2.45) is 5.73 Å². The van der Waals surface area contributed by atoms with Crippen LogP contribution in [0.5, 0.6) is 0 Å². The van der Waals surface area contributed by atoms with Crippen LogP contribution in [0.2, 0.25) is 5.02 Å². The maximum Gasteiger partial charge on any atom is 0.251 e. The summed E-state index contributed by atoms with van der Waals surface area (Å²) in [7, 11) is 1.54. The number of rotatable bonds is 3. The number of nitrogens with one attached hydrogen (secondary N) is 2. The molecule has 1 fully saturated rings. The summed E-state index contributed by atoms with van der Waals surface area (Å²) in [5.41, 5.74) is 5.84. The van der Waals surface area contributed by atoms with E-state index >= 15 is 0 Å². The molecule has 1 aromatic rings. The number of hydrogen-bond acceptors (Lipinski definition) is 3. The van der Waals surface area contributed by atoms with Gasteiger partial charge in [0.1, 0.15) is 0 Å². The summed E-state index contributed by atoms with van der Waals surface area (Å²) in [5, 5.41) is 5.54. The number of anilines is 1. The van der Waals surface area contributed by atoms with E-state index in [4.69, 9.17) is 17.3 Å². The molecule has 1 aliphatic rings. The van der Waals surface area contributed by atoms with Gasteiger partial charge in [0.2, 0.25) is 5.91 Å². The fourth-order valence-electron chi connectivity index (χ4n) is 1.52. The first-order chi connectivity index (χ1) is 8.46. The van der Waals surface area contributed by atoms with Crippen molar-refractivity contribution >= 4 is 29.1 Å². The highest BCUT2D eigenvalue weighted by atomic mass is 35.5. The van der Waals surface area contributed by atoms with Gasteiger partial charge in [-0.3, -0.25) is 9.59 Å². The van der Waals surface area contributed by atoms with Gasteiger partial charge >= 0.3 is 0 Å². The third-order valence-electron chi connectivity index (χ3n) is 2.94. The SMILES string of the molecule is CNC(=O)c1ccc(Cl)c(NC(=O)C2(N)CC2)c1. The lowest BCUT2D eigenvalue weighted by atomic mass is 10.1. The van der Waals surface area contributed by atoms with Crippen molar-refractivity contribution in [1.29, 1.82) is 0 Å². The Bertz CT molecular complexity index is 512. The molecule has 96 valence electrons. The molecular weight excluding hydrogens is 254 g/mol. The van der Waals surface area contributed by atoms with Crippen LogP contribution in [0.1, 0.15) is 23.2 Å². The quantitative estimate of drug-likeness (QED) is 0.768. The first-order valence-corrected chi connectivity index (χ1v) is 5.96. The van der Waals surface area contributed by atoms with Gasteiger partial charge in [-0.05, 0) is 31.0 Å². The third-order valence-corrected chi connectivity index (χ3v) is 3.27. The van der Waals surface area contributed by atoms with Gasteiger partial charge in [-0.2, -0.15) is 0 Å². The van der Waals surface area contributed by atoms with Crippen LogP contribution >= 0.6 is 11.6 Å². The van der Waals surface area contributed by atoms with Crippen LogP contribution in [0.15, 0.2) is 18.2 Å². The molecule has 18 heavy (non-hydrogen) atoms. The third kappa shape index (κ3) is 2.47. The van der Waals surface area contributed by atoms with E-state index in [0.29, 0.717) is 29.1 Å². The molecule has 0 heterocycles. The Morgan fingerprint density at radius 2 is 2.06 bits per heavy atom. The van der Waals surface area contributed by atoms with Crippen molar-refractivity contribution in [1.82, 2.24) is 5.32 Å². The maximum atomic E-state index is 11.8. The summed E-state index contributed by atoms with van der Waals surface area (Å²) >= 11 is 5.97. The smallest absolute Gasteiger partial charge is 0.251 e. The second-order valence-corrected chi connectivity index (χ2v) is 4.79. The molecule has 0 bridgehead atoms. The minimum Gasteiger partial charge on any atom is -0.355 e. The fraction of sp³-hybridized carbons (Fsp3) is 0.333. The molecule has 5 nitrogen and oxygen atoms in total. The van der Waals surface area contributed by atoms with Crippen molar-refractivity contribution in [3.63, 3.8) is 0 Å². The van der Waals surface area contributed by atoms with Crippen LogP contribution in [0, 0.1) is 0 Å². The minimum absolute atomic E-state index is 0.240. The zero-order valence-corrected chi connectivity index (χ0v) is 10.7. The number of benzene rings is 1. The molecule has 1 aromatic carbocycles. The minimum atomic E-state index is -0.771. The Morgan fingerprint density at radius 3 is 2.61 bits per heavy atom. The highest BCUT2D eigenvalue weighted by Crippen LogP contribution is 2.34. The Hall–Kier alpha value is -1.59. The highest BCUT2D eigenvalue weighted by molar-refractivity contribution is 6.34. The number of nitrogens with two attached hydrogens (primary N) is 1. The molecule has 4 N–H and O–H groups in total. The van der Waals surface area contributed by atoms with Gasteiger partial charge < -0.3 is 16.4 Å². The van der Waals surface area contributed by atoms with Crippen LogP contribution in [0.4, 0.5) is 5.69 Å². The number of carbonyl (C=O) groups is 2. The summed E-state index contributed by atoms with van der Waals surface area (Å²) in [6.07, 6.45) is 1.34. The van der Waals surface area contributed by atoms with Crippen LogP contribution in [-0.2, 0) is 4.79 Å². The Balaban J connectivity index is 2.21. The topological polar surface area (TPSA) is 84.2 Å². The molecular formula is C12H14ClN3O2. The summed E-state index contributed by atoms with van der Waals surface area (Å²) < 4.78 is 0. The van der Waals surface area contributed by atoms with Crippen LogP contribution in [0.25, 0.3) is 0 Å². The molecule has 0 atom stereocenters. The standard InChI is InChI=1S/C12H14ClN3O2/c1-15-10(17)7-2-3-8(13)9(6-7)16-11(18)12(14)4-5-12/h2-3,6H,4-5,14H2,1H3,(H,15,17)(H,16,18). The normalized spacial score (nSPS) is 15.9. The van der Waals surface area contributed by atoms with E-state index in [0.717, 1.165) is 0 Å². The van der Waals surface area contributed by atoms with E-state index in [-0.39, 0.29) is 11.8 Å². The predicted molar refractivity (Wildman–Crippen MR) is 69.6 cm³/mol. The van der Waals surface area contributed by atoms with Gasteiger partial charge in [-0.15, -0.1) is 0 Å². The Kier molecular flexibility index (Phi) is 3.28. The lowest BCUT2D eigenvalue weighted by molar-refractivity contribution is -0.118. The lowest BCUT2D eigenvalue weighted by Gasteiger charge is -2.12. The molecule has 0 aliphatic heterocycles. The van der Waals surface area contributed by atoms with Gasteiger partial charge in [-0.25, -0.2) is 0 Å². The van der Waals surface area contributed by atoms with Crippen molar-refractivity contribution < 1.29 is 9.59 Å². The Morgan fingerprint density at radius 1 is 1.39 bits per heavy atom. The van der Waals surface area contributed by atoms with E-state index in [2.05, 4.69) is 10.6 Å². The van der Waals surface area contributed by atoms with Crippen molar-refractivity contribution in [2.75, 3.05) is 12.4 Å². The molecule has 0 aromatic heterocycles. The van der Waals surface area contributed by atoms with E-state index < -0.39 is 5.54 Å². The molecule has 0 unspecified atom stereocenters. The highest BCUT2D eigenvalue weighted by Gasteiger charge is 2.46. The second kappa shape index (κ2) is 4.59. The van der Waals surface area contributed by atoms with Crippen molar-refractivity contribution in [2.45, 2.75) is 18.4 Å². The molecule has 1 aliphatic carbocycles. The first-order valence-electron chi connectivity index (χ1n) is 5.58. The van der Waals surface area contributed by atoms with Crippen LogP contribution in [0.3, 0.4) is 0 Å². The summed E-state index contributed by atoms with van der Waals surface area (Å²) in [4.78, 5) is 23.3. The zero-order chi connectivity index (χ0) is 13.3. The summed E-state index contributed by atoms with van der Waals surface area (Å²) in [5.74, 6) is -0.505. The molecule has 1 saturated carbocycles. The van der Waals surface area contributed by atoms with Crippen LogP contribution < -0.4 is 16.4 Å². The molecule has 2 rings (SSSR count). The monoisotopic (exact) mass is 267 g/mol. The first kappa shape index (κ1) is 12.9. The molecule has 6 heteroatoms. The van der Waals surface area contributed by atoms with Crippen LogP contribution in [-0.4, -0.2) is 24.4 Å². The predicted octanol–water partition coefficient (Wildman–Crippen LogP) is 1.13.